The third-order valence-corrected chi connectivity index (χ3v) is 7.13. The quantitative estimate of drug-likeness (QED) is 0.281. The van der Waals surface area contributed by atoms with Gasteiger partial charge in [0.2, 0.25) is 5.96 Å². The van der Waals surface area contributed by atoms with Crippen LogP contribution in [0.25, 0.3) is 0 Å². The summed E-state index contributed by atoms with van der Waals surface area (Å²) in [5, 5.41) is 21.7. The largest absolute Gasteiger partial charge is 0.844 e. The van der Waals surface area contributed by atoms with Gasteiger partial charge in [0.05, 0.1) is 35.1 Å². The van der Waals surface area contributed by atoms with Gasteiger partial charge in [-0.3, -0.25) is 10.3 Å². The van der Waals surface area contributed by atoms with Gasteiger partial charge >= 0.3 is 0 Å². The molecule has 39 heavy (non-hydrogen) atoms. The lowest BCUT2D eigenvalue weighted by atomic mass is 10.2. The molecule has 0 bridgehead atoms. The highest BCUT2D eigenvalue weighted by molar-refractivity contribution is 6.07. The molecule has 0 fully saturated rings. The van der Waals surface area contributed by atoms with Crippen LogP contribution in [0.5, 0.6) is 0 Å². The van der Waals surface area contributed by atoms with Gasteiger partial charge in [-0.25, -0.2) is 9.98 Å². The van der Waals surface area contributed by atoms with Crippen LogP contribution in [-0.4, -0.2) is 30.7 Å². The van der Waals surface area contributed by atoms with Crippen molar-refractivity contribution in [2.24, 2.45) is 9.98 Å². The van der Waals surface area contributed by atoms with E-state index in [1.165, 1.54) is 6.34 Å². The second kappa shape index (κ2) is 9.98. The summed E-state index contributed by atoms with van der Waals surface area (Å²) in [7, 11) is 0. The first-order chi connectivity index (χ1) is 19.0. The molecular weight excluding hydrogens is 486 g/mol. The number of nitrogens with one attached hydrogen (secondary N) is 1. The zero-order valence-corrected chi connectivity index (χ0v) is 21.7. The van der Waals surface area contributed by atoms with Crippen molar-refractivity contribution >= 4 is 52.4 Å². The predicted molar refractivity (Wildman–Crippen MR) is 158 cm³/mol. The number of anilines is 6. The molecule has 2 aliphatic rings. The molecule has 8 nitrogen and oxygen atoms in total. The number of amidine groups is 1. The van der Waals surface area contributed by atoms with Gasteiger partial charge in [-0.15, -0.1) is 0 Å². The summed E-state index contributed by atoms with van der Waals surface area (Å²) in [5.41, 5.74) is 5.80. The van der Waals surface area contributed by atoms with Crippen molar-refractivity contribution in [3.8, 4) is 0 Å². The number of rotatable bonds is 3. The molecule has 4 aromatic rings. The van der Waals surface area contributed by atoms with E-state index in [-0.39, 0.29) is 18.3 Å². The van der Waals surface area contributed by atoms with Crippen LogP contribution in [0.3, 0.4) is 0 Å². The number of benzene rings is 4. The second-order valence-electron chi connectivity index (χ2n) is 9.39. The summed E-state index contributed by atoms with van der Waals surface area (Å²) < 4.78 is 0. The maximum Gasteiger partial charge on any atom is 0.225 e. The molecule has 8 heteroatoms. The minimum Gasteiger partial charge on any atom is -0.844 e. The Balaban J connectivity index is 1.26. The molecule has 6 rings (SSSR count). The molecule has 2 atom stereocenters. The average Bonchev–Trinajstić information content (AvgIpc) is 3.42. The highest BCUT2D eigenvalue weighted by Gasteiger charge is 2.36. The first-order valence-electron chi connectivity index (χ1n) is 12.9. The van der Waals surface area contributed by atoms with Crippen LogP contribution in [0.4, 0.5) is 34.1 Å². The monoisotopic (exact) mass is 514 g/mol. The van der Waals surface area contributed by atoms with Crippen molar-refractivity contribution in [3.05, 3.63) is 109 Å². The van der Waals surface area contributed by atoms with Crippen molar-refractivity contribution in [3.63, 3.8) is 0 Å². The van der Waals surface area contributed by atoms with Crippen molar-refractivity contribution in [1.29, 1.82) is 5.41 Å². The molecular formula is C31H28N7O-. The van der Waals surface area contributed by atoms with E-state index in [0.29, 0.717) is 0 Å². The summed E-state index contributed by atoms with van der Waals surface area (Å²) in [4.78, 5) is 16.2. The van der Waals surface area contributed by atoms with Crippen LogP contribution < -0.4 is 24.7 Å². The molecule has 4 aromatic carbocycles. The second-order valence-corrected chi connectivity index (χ2v) is 9.39. The van der Waals surface area contributed by atoms with E-state index < -0.39 is 6.02 Å². The smallest absolute Gasteiger partial charge is 0.225 e. The lowest BCUT2D eigenvalue weighted by molar-refractivity contribution is -0.216. The maximum atomic E-state index is 12.9. The molecule has 2 heterocycles. The third-order valence-electron chi connectivity index (χ3n) is 7.13. The Labute approximate surface area is 227 Å². The van der Waals surface area contributed by atoms with E-state index in [1.54, 1.807) is 4.90 Å². The van der Waals surface area contributed by atoms with Crippen LogP contribution in [0.1, 0.15) is 13.8 Å². The summed E-state index contributed by atoms with van der Waals surface area (Å²) in [6.07, 6.45) is 1.16. The summed E-state index contributed by atoms with van der Waals surface area (Å²) in [5.74, 6) is -0.156. The van der Waals surface area contributed by atoms with Crippen LogP contribution in [0.2, 0.25) is 0 Å². The molecule has 0 spiro atoms. The van der Waals surface area contributed by atoms with Crippen LogP contribution in [-0.2, 0) is 0 Å². The van der Waals surface area contributed by atoms with Crippen molar-refractivity contribution in [2.45, 2.75) is 26.2 Å². The number of fused-ring (bicyclic) bond motifs is 2. The lowest BCUT2D eigenvalue weighted by Crippen LogP contribution is -2.42. The molecule has 2 aliphatic heterocycles. The fourth-order valence-electron chi connectivity index (χ4n) is 5.42. The molecule has 0 aromatic heterocycles. The van der Waals surface area contributed by atoms with Gasteiger partial charge in [-0.2, -0.15) is 0 Å². The van der Waals surface area contributed by atoms with Gasteiger partial charge in [-0.05, 0) is 62.4 Å². The summed E-state index contributed by atoms with van der Waals surface area (Å²) in [6, 6.07) is 35.2. The average molecular weight is 515 g/mol. The first kappa shape index (κ1) is 24.2. The Kier molecular flexibility index (Phi) is 6.20. The van der Waals surface area contributed by atoms with Crippen molar-refractivity contribution < 1.29 is 5.11 Å². The Bertz CT molecular complexity index is 1550. The van der Waals surface area contributed by atoms with Crippen LogP contribution in [0, 0.1) is 5.41 Å². The van der Waals surface area contributed by atoms with Crippen molar-refractivity contribution in [1.82, 2.24) is 0 Å². The van der Waals surface area contributed by atoms with Gasteiger partial charge in [-0.1, -0.05) is 60.7 Å². The van der Waals surface area contributed by atoms with Crippen LogP contribution >= 0.6 is 0 Å². The Morgan fingerprint density at radius 3 is 1.72 bits per heavy atom. The number of aliphatic imine (C=N–C) groups is 2. The van der Waals surface area contributed by atoms with Gasteiger partial charge in [0.15, 0.2) is 0 Å². The molecule has 0 radical (unpaired) electrons. The van der Waals surface area contributed by atoms with Gasteiger partial charge in [0, 0.05) is 11.4 Å². The van der Waals surface area contributed by atoms with E-state index in [2.05, 4.69) is 44.9 Å². The number of para-hydroxylation sites is 6. The van der Waals surface area contributed by atoms with E-state index in [4.69, 9.17) is 5.41 Å². The molecule has 0 saturated heterocycles. The molecule has 0 aliphatic carbocycles. The Morgan fingerprint density at radius 1 is 0.667 bits per heavy atom. The molecule has 2 unspecified atom stereocenters. The number of nitrogens with zero attached hydrogens (tertiary/aromatic N) is 6. The minimum atomic E-state index is -0.731. The minimum absolute atomic E-state index is 0.106. The fraction of sp³-hybridized carbons (Fsp3) is 0.129. The van der Waals surface area contributed by atoms with E-state index in [9.17, 15) is 5.11 Å². The normalized spacial score (nSPS) is 18.6. The maximum absolute atomic E-state index is 12.9. The standard InChI is InChI=1S/C31H29N7O/c1-22-35(26-17-9-10-18-27(26)36(22)24-13-5-3-6-14-24)21-33-31(39)34-30(32)38-23(2)37(25-15-7-4-8-16-25)28-19-11-12-20-29(28)38/h3-23H,1-2H3,(H2,32,34,39)/p-1/b33-21+. The first-order valence-corrected chi connectivity index (χ1v) is 12.9. The van der Waals surface area contributed by atoms with Crippen molar-refractivity contribution in [2.75, 3.05) is 19.6 Å². The van der Waals surface area contributed by atoms with E-state index in [1.807, 2.05) is 103 Å². The fourth-order valence-corrected chi connectivity index (χ4v) is 5.42. The Hall–Kier alpha value is -5.11. The van der Waals surface area contributed by atoms with Gasteiger partial charge in [0.1, 0.15) is 12.3 Å². The zero-order valence-electron chi connectivity index (χ0n) is 21.7. The summed E-state index contributed by atoms with van der Waals surface area (Å²) in [6.45, 7) is 4.05. The molecule has 0 saturated carbocycles. The predicted octanol–water partition coefficient (Wildman–Crippen LogP) is 5.67. The number of guanidine groups is 1. The number of hydrogen-bond acceptors (Lipinski definition) is 4. The molecule has 1 N–H and O–H groups in total. The molecule has 0 amide bonds. The van der Waals surface area contributed by atoms with Crippen LogP contribution in [0.15, 0.2) is 119 Å². The third kappa shape index (κ3) is 4.25. The van der Waals surface area contributed by atoms with E-state index >= 15 is 0 Å². The topological polar surface area (TPSA) is 84.6 Å². The zero-order chi connectivity index (χ0) is 26.9. The van der Waals surface area contributed by atoms with E-state index in [0.717, 1.165) is 34.1 Å². The molecule has 194 valence electrons. The van der Waals surface area contributed by atoms with Gasteiger partial charge < -0.3 is 19.8 Å². The Morgan fingerprint density at radius 2 is 1.13 bits per heavy atom. The summed E-state index contributed by atoms with van der Waals surface area (Å²) >= 11 is 0. The highest BCUT2D eigenvalue weighted by atomic mass is 16.3. The number of hydrogen-bond donors (Lipinski definition) is 1. The SMILES string of the molecule is CC1N(/C=N/C([O-])=N\C(=N)N2c3ccccc3N(c3ccccc3)C2C)c2ccccc2N1c1ccccc1. The highest BCUT2D eigenvalue weighted by Crippen LogP contribution is 2.44. The lowest BCUT2D eigenvalue weighted by Gasteiger charge is -2.29. The van der Waals surface area contributed by atoms with Gasteiger partial charge in [0.25, 0.3) is 0 Å².